The molecule has 3 aromatic rings. The van der Waals surface area contributed by atoms with Crippen LogP contribution in [0.3, 0.4) is 0 Å². The molecule has 0 spiro atoms. The molecule has 0 fully saturated rings. The fourth-order valence-corrected chi connectivity index (χ4v) is 2.14. The van der Waals surface area contributed by atoms with Gasteiger partial charge in [-0.1, -0.05) is 42.5 Å². The first-order chi connectivity index (χ1) is 13.0. The largest absolute Gasteiger partial charge is 0.867 e. The first-order valence-corrected chi connectivity index (χ1v) is 7.64. The normalized spacial score (nSPS) is 10.8. The summed E-state index contributed by atoms with van der Waals surface area (Å²) in [6.07, 6.45) is 1.04. The molecule has 3 rings (SSSR count). The number of nitro groups is 1. The standard InChI is InChI=1S/C16H13N7O4/c24-14(10-22-20-16(19-21-22)11-5-2-1-3-6-11)18-17-9-12-7-4-8-13(15(12)25)23(26)27/h1-9,25H,10H2,(H,18,24)/p-1/b17-9+. The molecule has 0 saturated carbocycles. The van der Waals surface area contributed by atoms with E-state index in [4.69, 9.17) is 0 Å². The van der Waals surface area contributed by atoms with E-state index < -0.39 is 22.3 Å². The summed E-state index contributed by atoms with van der Waals surface area (Å²) in [6.45, 7) is -0.240. The molecule has 0 radical (unpaired) electrons. The van der Waals surface area contributed by atoms with Gasteiger partial charge in [0.05, 0.1) is 11.1 Å². The van der Waals surface area contributed by atoms with Crippen molar-refractivity contribution in [1.29, 1.82) is 0 Å². The van der Waals surface area contributed by atoms with E-state index >= 15 is 0 Å². The Kier molecular flexibility index (Phi) is 5.12. The van der Waals surface area contributed by atoms with Crippen molar-refractivity contribution in [3.05, 3.63) is 64.2 Å². The number of benzene rings is 2. The molecule has 0 atom stereocenters. The monoisotopic (exact) mass is 366 g/mol. The van der Waals surface area contributed by atoms with Gasteiger partial charge in [0.25, 0.3) is 11.6 Å². The van der Waals surface area contributed by atoms with E-state index in [1.807, 2.05) is 30.3 Å². The minimum absolute atomic E-state index is 0.0188. The lowest BCUT2D eigenvalue weighted by atomic mass is 10.2. The minimum atomic E-state index is -0.786. The van der Waals surface area contributed by atoms with Gasteiger partial charge in [0.15, 0.2) is 0 Å². The zero-order valence-corrected chi connectivity index (χ0v) is 13.7. The first-order valence-electron chi connectivity index (χ1n) is 7.64. The molecule has 1 aromatic heterocycles. The van der Waals surface area contributed by atoms with E-state index in [1.165, 1.54) is 12.1 Å². The summed E-state index contributed by atoms with van der Waals surface area (Å²) < 4.78 is 0. The Morgan fingerprint density at radius 2 is 2.00 bits per heavy atom. The molecule has 27 heavy (non-hydrogen) atoms. The maximum absolute atomic E-state index is 11.9. The lowest BCUT2D eigenvalue weighted by molar-refractivity contribution is -0.398. The van der Waals surface area contributed by atoms with Crippen molar-refractivity contribution in [2.45, 2.75) is 6.54 Å². The number of tetrazole rings is 1. The van der Waals surface area contributed by atoms with Gasteiger partial charge in [-0.2, -0.15) is 9.90 Å². The summed E-state index contributed by atoms with van der Waals surface area (Å²) in [7, 11) is 0. The number of para-hydroxylation sites is 1. The SMILES string of the molecule is O=C(Cn1nnc(-c2ccccc2)n1)N/N=C/c1cccc([N+](=O)[O-])c1[O-]. The smallest absolute Gasteiger partial charge is 0.263 e. The second-order valence-corrected chi connectivity index (χ2v) is 5.26. The number of hydrazone groups is 1. The van der Waals surface area contributed by atoms with Crippen LogP contribution in [0, 0.1) is 10.1 Å². The fraction of sp³-hybridized carbons (Fsp3) is 0.0625. The van der Waals surface area contributed by atoms with E-state index in [-0.39, 0.29) is 12.1 Å². The molecule has 0 saturated heterocycles. The Balaban J connectivity index is 1.61. The zero-order valence-electron chi connectivity index (χ0n) is 13.7. The highest BCUT2D eigenvalue weighted by molar-refractivity contribution is 5.86. The number of hydrogen-bond acceptors (Lipinski definition) is 8. The predicted octanol–water partition coefficient (Wildman–Crippen LogP) is 0.472. The van der Waals surface area contributed by atoms with Gasteiger partial charge in [0.1, 0.15) is 6.54 Å². The number of carbonyl (C=O) groups excluding carboxylic acids is 1. The molecule has 1 heterocycles. The van der Waals surface area contributed by atoms with Crippen LogP contribution in [0.15, 0.2) is 53.6 Å². The van der Waals surface area contributed by atoms with Crippen LogP contribution >= 0.6 is 0 Å². The molecule has 11 heteroatoms. The van der Waals surface area contributed by atoms with Gasteiger partial charge in [-0.3, -0.25) is 14.9 Å². The van der Waals surface area contributed by atoms with Crippen LogP contribution in [0.5, 0.6) is 5.75 Å². The lowest BCUT2D eigenvalue weighted by Gasteiger charge is -2.09. The predicted molar refractivity (Wildman–Crippen MR) is 91.5 cm³/mol. The third kappa shape index (κ3) is 4.28. The molecule has 2 aromatic carbocycles. The number of aromatic nitrogens is 4. The summed E-state index contributed by atoms with van der Waals surface area (Å²) in [6, 6.07) is 12.9. The van der Waals surface area contributed by atoms with E-state index in [2.05, 4.69) is 25.9 Å². The molecule has 0 aliphatic heterocycles. The van der Waals surface area contributed by atoms with E-state index in [0.29, 0.717) is 5.82 Å². The Morgan fingerprint density at radius 1 is 1.22 bits per heavy atom. The van der Waals surface area contributed by atoms with Crippen LogP contribution in [-0.4, -0.2) is 37.3 Å². The zero-order chi connectivity index (χ0) is 19.2. The van der Waals surface area contributed by atoms with Crippen LogP contribution in [0.1, 0.15) is 5.56 Å². The molecular weight excluding hydrogens is 354 g/mol. The Hall–Kier alpha value is -4.15. The average Bonchev–Trinajstić information content (AvgIpc) is 3.12. The first kappa shape index (κ1) is 17.7. The number of hydrogen-bond donors (Lipinski definition) is 1. The van der Waals surface area contributed by atoms with Gasteiger partial charge < -0.3 is 5.11 Å². The summed E-state index contributed by atoms with van der Waals surface area (Å²) >= 11 is 0. The third-order valence-electron chi connectivity index (χ3n) is 3.38. The van der Waals surface area contributed by atoms with Gasteiger partial charge in [0.2, 0.25) is 5.82 Å². The van der Waals surface area contributed by atoms with Gasteiger partial charge in [0, 0.05) is 11.6 Å². The molecule has 0 aliphatic carbocycles. The molecule has 0 aliphatic rings. The molecule has 1 amide bonds. The van der Waals surface area contributed by atoms with Crippen molar-refractivity contribution in [2.24, 2.45) is 5.10 Å². The summed E-state index contributed by atoms with van der Waals surface area (Å²) in [5.74, 6) is -0.966. The summed E-state index contributed by atoms with van der Waals surface area (Å²) in [5.41, 5.74) is 2.37. The minimum Gasteiger partial charge on any atom is -0.867 e. The maximum atomic E-state index is 11.9. The molecule has 1 N–H and O–H groups in total. The van der Waals surface area contributed by atoms with Gasteiger partial charge in [-0.25, -0.2) is 5.43 Å². The van der Waals surface area contributed by atoms with Crippen molar-refractivity contribution in [3.63, 3.8) is 0 Å². The highest BCUT2D eigenvalue weighted by Gasteiger charge is 2.10. The number of nitro benzene ring substituents is 1. The molecule has 136 valence electrons. The van der Waals surface area contributed by atoms with Gasteiger partial charge in [-0.05, 0) is 16.5 Å². The van der Waals surface area contributed by atoms with Crippen molar-refractivity contribution in [2.75, 3.05) is 0 Å². The average molecular weight is 366 g/mol. The van der Waals surface area contributed by atoms with Crippen LogP contribution in [0.4, 0.5) is 5.69 Å². The number of nitrogens with one attached hydrogen (secondary N) is 1. The maximum Gasteiger partial charge on any atom is 0.263 e. The Bertz CT molecular complexity index is 1000. The van der Waals surface area contributed by atoms with Crippen LogP contribution in [0.25, 0.3) is 11.4 Å². The van der Waals surface area contributed by atoms with Gasteiger partial charge in [-0.15, -0.1) is 10.2 Å². The number of nitrogens with zero attached hydrogens (tertiary/aromatic N) is 6. The number of carbonyl (C=O) groups is 1. The topological polar surface area (TPSA) is 151 Å². The highest BCUT2D eigenvalue weighted by Crippen LogP contribution is 2.25. The van der Waals surface area contributed by atoms with Crippen molar-refractivity contribution < 1.29 is 14.8 Å². The van der Waals surface area contributed by atoms with Crippen molar-refractivity contribution >= 4 is 17.8 Å². The molecule has 0 bridgehead atoms. The van der Waals surface area contributed by atoms with E-state index in [0.717, 1.165) is 22.6 Å². The fourth-order valence-electron chi connectivity index (χ4n) is 2.14. The van der Waals surface area contributed by atoms with Crippen LogP contribution in [0.2, 0.25) is 0 Å². The molecule has 0 unspecified atom stereocenters. The number of amides is 1. The Morgan fingerprint density at radius 3 is 2.74 bits per heavy atom. The highest BCUT2D eigenvalue weighted by atomic mass is 16.6. The third-order valence-corrected chi connectivity index (χ3v) is 3.38. The second kappa shape index (κ2) is 7.82. The van der Waals surface area contributed by atoms with E-state index in [1.54, 1.807) is 0 Å². The number of rotatable bonds is 6. The molecule has 11 nitrogen and oxygen atoms in total. The lowest BCUT2D eigenvalue weighted by Crippen LogP contribution is -2.24. The van der Waals surface area contributed by atoms with E-state index in [9.17, 15) is 20.0 Å². The van der Waals surface area contributed by atoms with Crippen molar-refractivity contribution in [1.82, 2.24) is 25.6 Å². The molecular formula is C16H12N7O4-. The summed E-state index contributed by atoms with van der Waals surface area (Å²) in [5, 5.41) is 37.9. The summed E-state index contributed by atoms with van der Waals surface area (Å²) in [4.78, 5) is 22.9. The quantitative estimate of drug-likeness (QED) is 0.378. The second-order valence-electron chi connectivity index (χ2n) is 5.26. The van der Waals surface area contributed by atoms with Gasteiger partial charge >= 0.3 is 0 Å². The Labute approximate surface area is 152 Å². The van der Waals surface area contributed by atoms with Crippen molar-refractivity contribution in [3.8, 4) is 17.1 Å². The van der Waals surface area contributed by atoms with Crippen LogP contribution in [-0.2, 0) is 11.3 Å². The van der Waals surface area contributed by atoms with Crippen LogP contribution < -0.4 is 10.5 Å².